The molecule has 0 aliphatic carbocycles. The zero-order chi connectivity index (χ0) is 26.1. The SMILES string of the molecule is NC(=O)C1(C(Cc2ccccc2)NC(=O)c2cccnc2-n2cc3c(n2)-c2ccccc2OC3)OCCO1. The molecule has 2 amide bonds. The molecule has 0 radical (unpaired) electrons. The van der Waals surface area contributed by atoms with Gasteiger partial charge in [-0.15, -0.1) is 0 Å². The van der Waals surface area contributed by atoms with E-state index in [4.69, 9.17) is 25.0 Å². The highest BCUT2D eigenvalue weighted by atomic mass is 16.7. The van der Waals surface area contributed by atoms with Gasteiger partial charge in [-0.2, -0.15) is 5.10 Å². The first-order valence-electron chi connectivity index (χ1n) is 12.2. The van der Waals surface area contributed by atoms with Gasteiger partial charge < -0.3 is 25.3 Å². The van der Waals surface area contributed by atoms with Crippen molar-refractivity contribution in [3.8, 4) is 22.8 Å². The minimum Gasteiger partial charge on any atom is -0.488 e. The van der Waals surface area contributed by atoms with Crippen LogP contribution in [0.5, 0.6) is 5.75 Å². The summed E-state index contributed by atoms with van der Waals surface area (Å²) >= 11 is 0. The number of pyridine rings is 1. The molecule has 10 heteroatoms. The largest absolute Gasteiger partial charge is 0.488 e. The fourth-order valence-corrected chi connectivity index (χ4v) is 4.86. The number of fused-ring (bicyclic) bond motifs is 3. The molecule has 6 rings (SSSR count). The normalized spacial score (nSPS) is 16.1. The van der Waals surface area contributed by atoms with Gasteiger partial charge in [0.05, 0.1) is 24.8 Å². The first kappa shape index (κ1) is 23.8. The molecule has 3 N–H and O–H groups in total. The van der Waals surface area contributed by atoms with E-state index in [0.29, 0.717) is 12.4 Å². The molecule has 1 atom stereocenters. The first-order valence-corrected chi connectivity index (χ1v) is 12.2. The van der Waals surface area contributed by atoms with Gasteiger partial charge in [0.2, 0.25) is 0 Å². The molecular formula is C28H25N5O5. The lowest BCUT2D eigenvalue weighted by atomic mass is 9.97. The quantitative estimate of drug-likeness (QED) is 0.390. The van der Waals surface area contributed by atoms with E-state index in [1.165, 1.54) is 0 Å². The van der Waals surface area contributed by atoms with Gasteiger partial charge in [0.15, 0.2) is 5.82 Å². The molecule has 1 fully saturated rings. The van der Waals surface area contributed by atoms with Gasteiger partial charge in [-0.05, 0) is 36.2 Å². The van der Waals surface area contributed by atoms with Crippen molar-refractivity contribution < 1.29 is 23.8 Å². The number of nitrogens with one attached hydrogen (secondary N) is 1. The molecule has 2 aromatic carbocycles. The van der Waals surface area contributed by atoms with E-state index in [0.717, 1.165) is 28.1 Å². The fourth-order valence-electron chi connectivity index (χ4n) is 4.86. The van der Waals surface area contributed by atoms with Gasteiger partial charge in [-0.3, -0.25) is 9.59 Å². The van der Waals surface area contributed by atoms with E-state index >= 15 is 0 Å². The van der Waals surface area contributed by atoms with E-state index < -0.39 is 23.6 Å². The van der Waals surface area contributed by atoms with Crippen molar-refractivity contribution in [1.29, 1.82) is 0 Å². The van der Waals surface area contributed by atoms with Crippen molar-refractivity contribution in [3.63, 3.8) is 0 Å². The summed E-state index contributed by atoms with van der Waals surface area (Å²) in [5.41, 5.74) is 9.40. The average Bonchev–Trinajstić information content (AvgIpc) is 3.62. The van der Waals surface area contributed by atoms with Crippen LogP contribution in [0.15, 0.2) is 79.1 Å². The van der Waals surface area contributed by atoms with Gasteiger partial charge >= 0.3 is 0 Å². The molecule has 10 nitrogen and oxygen atoms in total. The monoisotopic (exact) mass is 511 g/mol. The minimum atomic E-state index is -1.79. The van der Waals surface area contributed by atoms with Crippen LogP contribution in [0.3, 0.4) is 0 Å². The zero-order valence-corrected chi connectivity index (χ0v) is 20.4. The highest BCUT2D eigenvalue weighted by Crippen LogP contribution is 2.36. The van der Waals surface area contributed by atoms with Crippen molar-refractivity contribution in [2.75, 3.05) is 13.2 Å². The van der Waals surface area contributed by atoms with Gasteiger partial charge in [0.25, 0.3) is 17.6 Å². The molecule has 2 aliphatic heterocycles. The maximum Gasteiger partial charge on any atom is 0.280 e. The lowest BCUT2D eigenvalue weighted by molar-refractivity contribution is -0.189. The van der Waals surface area contributed by atoms with Crippen LogP contribution in [0.25, 0.3) is 17.1 Å². The second kappa shape index (κ2) is 9.73. The van der Waals surface area contributed by atoms with Crippen LogP contribution in [-0.4, -0.2) is 51.6 Å². The number of carbonyl (C=O) groups is 2. The molecule has 4 aromatic rings. The highest BCUT2D eigenvalue weighted by molar-refractivity contribution is 5.98. The van der Waals surface area contributed by atoms with Crippen molar-refractivity contribution in [1.82, 2.24) is 20.1 Å². The Bertz CT molecular complexity index is 1500. The second-order valence-electron chi connectivity index (χ2n) is 9.05. The number of para-hydroxylation sites is 1. The number of nitrogens with zero attached hydrogens (tertiary/aromatic N) is 3. The van der Waals surface area contributed by atoms with Crippen LogP contribution < -0.4 is 15.8 Å². The Morgan fingerprint density at radius 2 is 1.79 bits per heavy atom. The standard InChI is InChI=1S/C28H25N5O5/c29-27(35)28(37-13-14-38-28)23(15-18-7-2-1-3-8-18)31-26(34)21-10-6-12-30-25(21)33-16-19-17-36-22-11-5-4-9-20(22)24(19)32-33/h1-12,16,23H,13-15,17H2,(H2,29,35)(H,31,34). The Balaban J connectivity index is 1.35. The molecule has 0 bridgehead atoms. The molecule has 0 saturated carbocycles. The number of benzene rings is 2. The number of primary amides is 1. The van der Waals surface area contributed by atoms with Crippen LogP contribution in [0, 0.1) is 0 Å². The fraction of sp³-hybridized carbons (Fsp3) is 0.214. The summed E-state index contributed by atoms with van der Waals surface area (Å²) in [7, 11) is 0. The average molecular weight is 512 g/mol. The van der Waals surface area contributed by atoms with Gasteiger partial charge in [0.1, 0.15) is 18.1 Å². The predicted octanol–water partition coefficient (Wildman–Crippen LogP) is 2.40. The van der Waals surface area contributed by atoms with Crippen molar-refractivity contribution >= 4 is 11.8 Å². The third kappa shape index (κ3) is 4.19. The third-order valence-electron chi connectivity index (χ3n) is 6.67. The van der Waals surface area contributed by atoms with E-state index in [2.05, 4.69) is 10.3 Å². The van der Waals surface area contributed by atoms with Crippen LogP contribution in [0.4, 0.5) is 0 Å². The van der Waals surface area contributed by atoms with Crippen molar-refractivity contribution in [2.45, 2.75) is 24.9 Å². The predicted molar refractivity (Wildman–Crippen MR) is 136 cm³/mol. The Labute approximate surface area is 218 Å². The number of aromatic nitrogens is 3. The summed E-state index contributed by atoms with van der Waals surface area (Å²) in [5, 5.41) is 7.68. The van der Waals surface area contributed by atoms with E-state index in [9.17, 15) is 9.59 Å². The number of hydrogen-bond acceptors (Lipinski definition) is 7. The van der Waals surface area contributed by atoms with Crippen molar-refractivity contribution in [2.24, 2.45) is 5.73 Å². The summed E-state index contributed by atoms with van der Waals surface area (Å²) in [5.74, 6) is -1.99. The number of carbonyl (C=O) groups excluding carboxylic acids is 2. The number of ether oxygens (including phenoxy) is 3. The van der Waals surface area contributed by atoms with Crippen LogP contribution >= 0.6 is 0 Å². The molecule has 192 valence electrons. The highest BCUT2D eigenvalue weighted by Gasteiger charge is 2.51. The molecule has 2 aliphatic rings. The summed E-state index contributed by atoms with van der Waals surface area (Å²) in [6.45, 7) is 0.727. The van der Waals surface area contributed by atoms with Gasteiger partial charge in [-0.1, -0.05) is 42.5 Å². The smallest absolute Gasteiger partial charge is 0.280 e. The van der Waals surface area contributed by atoms with E-state index in [1.54, 1.807) is 29.2 Å². The maximum absolute atomic E-state index is 13.7. The first-order chi connectivity index (χ1) is 18.5. The molecule has 1 unspecified atom stereocenters. The molecule has 4 heterocycles. The topological polar surface area (TPSA) is 131 Å². The number of hydrogen-bond donors (Lipinski definition) is 2. The third-order valence-corrected chi connectivity index (χ3v) is 6.67. The minimum absolute atomic E-state index is 0.185. The summed E-state index contributed by atoms with van der Waals surface area (Å²) in [6, 6.07) is 19.5. The van der Waals surface area contributed by atoms with E-state index in [-0.39, 0.29) is 25.2 Å². The van der Waals surface area contributed by atoms with Crippen LogP contribution in [0.2, 0.25) is 0 Å². The van der Waals surface area contributed by atoms with Crippen LogP contribution in [-0.2, 0) is 27.3 Å². The molecular weight excluding hydrogens is 486 g/mol. The molecule has 0 spiro atoms. The second-order valence-corrected chi connectivity index (χ2v) is 9.05. The summed E-state index contributed by atoms with van der Waals surface area (Å²) < 4.78 is 18.9. The lowest BCUT2D eigenvalue weighted by Crippen LogP contribution is -2.61. The maximum atomic E-state index is 13.7. The Hall–Kier alpha value is -4.54. The molecule has 2 aromatic heterocycles. The van der Waals surface area contributed by atoms with Crippen molar-refractivity contribution in [3.05, 3.63) is 95.8 Å². The Morgan fingerprint density at radius 1 is 1.03 bits per heavy atom. The Kier molecular flexibility index (Phi) is 6.10. The summed E-state index contributed by atoms with van der Waals surface area (Å²) in [6.07, 6.45) is 3.65. The lowest BCUT2D eigenvalue weighted by Gasteiger charge is -2.33. The zero-order valence-electron chi connectivity index (χ0n) is 20.4. The van der Waals surface area contributed by atoms with E-state index in [1.807, 2.05) is 54.6 Å². The molecule has 38 heavy (non-hydrogen) atoms. The Morgan fingerprint density at radius 3 is 2.58 bits per heavy atom. The van der Waals surface area contributed by atoms with Crippen LogP contribution in [0.1, 0.15) is 21.5 Å². The van der Waals surface area contributed by atoms with Gasteiger partial charge in [-0.25, -0.2) is 9.67 Å². The molecule has 1 saturated heterocycles. The number of amides is 2. The summed E-state index contributed by atoms with van der Waals surface area (Å²) in [4.78, 5) is 30.7. The number of rotatable bonds is 7. The number of nitrogens with two attached hydrogens (primary N) is 1. The van der Waals surface area contributed by atoms with Gasteiger partial charge in [0, 0.05) is 23.5 Å².